The zero-order valence-electron chi connectivity index (χ0n) is 7.89. The van der Waals surface area contributed by atoms with E-state index in [-0.39, 0.29) is 6.54 Å². The number of carboxylic acids is 1. The third kappa shape index (κ3) is 2.94. The molecule has 0 bridgehead atoms. The van der Waals surface area contributed by atoms with Gasteiger partial charge in [-0.25, -0.2) is 0 Å². The van der Waals surface area contributed by atoms with Crippen molar-refractivity contribution in [3.8, 4) is 0 Å². The lowest BCUT2D eigenvalue weighted by Crippen LogP contribution is -2.29. The minimum atomic E-state index is -0.837. The molecule has 0 fully saturated rings. The lowest BCUT2D eigenvalue weighted by molar-refractivity contribution is -0.135. The summed E-state index contributed by atoms with van der Waals surface area (Å²) in [5, 5.41) is 8.70. The molecule has 3 heteroatoms. The zero-order chi connectivity index (χ0) is 10.4. The number of anilines is 1. The smallest absolute Gasteiger partial charge is 0.323 e. The van der Waals surface area contributed by atoms with Crippen LogP contribution in [0.3, 0.4) is 0 Å². The average Bonchev–Trinajstić information content (AvgIpc) is 2.18. The molecule has 0 heterocycles. The molecule has 1 N–H and O–H groups in total. The van der Waals surface area contributed by atoms with Crippen LogP contribution in [-0.2, 0) is 4.79 Å². The van der Waals surface area contributed by atoms with Gasteiger partial charge in [0.15, 0.2) is 0 Å². The number of carbonyl (C=O) groups is 1. The Balaban J connectivity index is 2.77. The molecule has 0 radical (unpaired) electrons. The molecule has 0 aromatic heterocycles. The van der Waals surface area contributed by atoms with Crippen LogP contribution in [0.25, 0.3) is 0 Å². The largest absolute Gasteiger partial charge is 0.480 e. The second kappa shape index (κ2) is 5.07. The van der Waals surface area contributed by atoms with Gasteiger partial charge in [-0.1, -0.05) is 24.3 Å². The molecule has 0 unspecified atom stereocenters. The van der Waals surface area contributed by atoms with Crippen molar-refractivity contribution >= 4 is 11.7 Å². The van der Waals surface area contributed by atoms with Crippen LogP contribution in [0.15, 0.2) is 43.0 Å². The lowest BCUT2D eigenvalue weighted by Gasteiger charge is -2.20. The van der Waals surface area contributed by atoms with Crippen molar-refractivity contribution in [2.45, 2.75) is 0 Å². The Morgan fingerprint density at radius 1 is 1.43 bits per heavy atom. The van der Waals surface area contributed by atoms with E-state index in [1.54, 1.807) is 11.0 Å². The molecular weight excluding hydrogens is 178 g/mol. The van der Waals surface area contributed by atoms with E-state index >= 15 is 0 Å². The Kier molecular flexibility index (Phi) is 3.73. The van der Waals surface area contributed by atoms with Crippen LogP contribution in [0.5, 0.6) is 0 Å². The number of hydrogen-bond acceptors (Lipinski definition) is 2. The van der Waals surface area contributed by atoms with Crippen LogP contribution in [0.2, 0.25) is 0 Å². The molecule has 0 saturated carbocycles. The first-order valence-electron chi connectivity index (χ1n) is 4.36. The van der Waals surface area contributed by atoms with Crippen molar-refractivity contribution < 1.29 is 9.90 Å². The maximum Gasteiger partial charge on any atom is 0.323 e. The first-order valence-corrected chi connectivity index (χ1v) is 4.36. The molecule has 1 aromatic carbocycles. The van der Waals surface area contributed by atoms with E-state index < -0.39 is 5.97 Å². The van der Waals surface area contributed by atoms with E-state index in [0.29, 0.717) is 6.54 Å². The molecule has 0 aliphatic carbocycles. The summed E-state index contributed by atoms with van der Waals surface area (Å²) < 4.78 is 0. The van der Waals surface area contributed by atoms with Gasteiger partial charge in [-0.2, -0.15) is 0 Å². The number of nitrogens with zero attached hydrogens (tertiary/aromatic N) is 1. The fraction of sp³-hybridized carbons (Fsp3) is 0.182. The minimum Gasteiger partial charge on any atom is -0.480 e. The van der Waals surface area contributed by atoms with Crippen LogP contribution in [-0.4, -0.2) is 24.2 Å². The Hall–Kier alpha value is -1.77. The van der Waals surface area contributed by atoms with Gasteiger partial charge in [0.05, 0.1) is 0 Å². The van der Waals surface area contributed by atoms with Crippen LogP contribution in [0.4, 0.5) is 5.69 Å². The summed E-state index contributed by atoms with van der Waals surface area (Å²) >= 11 is 0. The Labute approximate surface area is 83.3 Å². The molecule has 3 nitrogen and oxygen atoms in total. The quantitative estimate of drug-likeness (QED) is 0.721. The van der Waals surface area contributed by atoms with Gasteiger partial charge in [0.2, 0.25) is 0 Å². The number of hydrogen-bond donors (Lipinski definition) is 1. The van der Waals surface area contributed by atoms with Crippen LogP contribution in [0, 0.1) is 0 Å². The summed E-state index contributed by atoms with van der Waals surface area (Å²) in [4.78, 5) is 12.3. The molecular formula is C11H13NO2. The first-order chi connectivity index (χ1) is 6.74. The molecule has 0 aliphatic rings. The second-order valence-electron chi connectivity index (χ2n) is 2.90. The number of aliphatic carboxylic acids is 1. The van der Waals surface area contributed by atoms with Crippen LogP contribution < -0.4 is 4.90 Å². The fourth-order valence-corrected chi connectivity index (χ4v) is 1.22. The fourth-order valence-electron chi connectivity index (χ4n) is 1.22. The number of para-hydroxylation sites is 1. The molecule has 0 amide bonds. The molecule has 0 atom stereocenters. The summed E-state index contributed by atoms with van der Waals surface area (Å²) in [5.41, 5.74) is 0.898. The van der Waals surface area contributed by atoms with Gasteiger partial charge in [0.25, 0.3) is 0 Å². The van der Waals surface area contributed by atoms with E-state index in [1.165, 1.54) is 0 Å². The molecule has 1 aromatic rings. The average molecular weight is 191 g/mol. The summed E-state index contributed by atoms with van der Waals surface area (Å²) in [6.07, 6.45) is 1.69. The highest BCUT2D eigenvalue weighted by Crippen LogP contribution is 2.12. The predicted molar refractivity (Wildman–Crippen MR) is 56.5 cm³/mol. The highest BCUT2D eigenvalue weighted by Gasteiger charge is 2.07. The molecule has 74 valence electrons. The first kappa shape index (κ1) is 10.3. The minimum absolute atomic E-state index is 0.00394. The van der Waals surface area contributed by atoms with Gasteiger partial charge in [0, 0.05) is 12.2 Å². The van der Waals surface area contributed by atoms with E-state index in [4.69, 9.17) is 5.11 Å². The standard InChI is InChI=1S/C11H13NO2/c1-2-8-12(9-11(13)14)10-6-4-3-5-7-10/h2-7H,1,8-9H2,(H,13,14). The van der Waals surface area contributed by atoms with Gasteiger partial charge in [-0.3, -0.25) is 4.79 Å². The van der Waals surface area contributed by atoms with Gasteiger partial charge < -0.3 is 10.0 Å². The van der Waals surface area contributed by atoms with Crippen molar-refractivity contribution in [2.24, 2.45) is 0 Å². The Bertz CT molecular complexity index is 308. The van der Waals surface area contributed by atoms with Crippen molar-refractivity contribution in [3.63, 3.8) is 0 Å². The third-order valence-electron chi connectivity index (χ3n) is 1.80. The number of benzene rings is 1. The van der Waals surface area contributed by atoms with Gasteiger partial charge in [0.1, 0.15) is 6.54 Å². The van der Waals surface area contributed by atoms with Crippen molar-refractivity contribution in [2.75, 3.05) is 18.0 Å². The highest BCUT2D eigenvalue weighted by atomic mass is 16.4. The maximum atomic E-state index is 10.6. The second-order valence-corrected chi connectivity index (χ2v) is 2.90. The molecule has 1 rings (SSSR count). The van der Waals surface area contributed by atoms with Crippen LogP contribution in [0.1, 0.15) is 0 Å². The summed E-state index contributed by atoms with van der Waals surface area (Å²) in [6, 6.07) is 9.43. The SMILES string of the molecule is C=CCN(CC(=O)O)c1ccccc1. The van der Waals surface area contributed by atoms with E-state index in [0.717, 1.165) is 5.69 Å². The summed E-state index contributed by atoms with van der Waals surface area (Å²) in [5.74, 6) is -0.837. The molecule has 14 heavy (non-hydrogen) atoms. The van der Waals surface area contributed by atoms with Crippen LogP contribution >= 0.6 is 0 Å². The van der Waals surface area contributed by atoms with Crippen molar-refractivity contribution in [1.82, 2.24) is 0 Å². The summed E-state index contributed by atoms with van der Waals surface area (Å²) in [7, 11) is 0. The van der Waals surface area contributed by atoms with E-state index in [2.05, 4.69) is 6.58 Å². The van der Waals surface area contributed by atoms with Gasteiger partial charge >= 0.3 is 5.97 Å². The number of carboxylic acid groups (broad SMARTS) is 1. The van der Waals surface area contributed by atoms with Gasteiger partial charge in [-0.05, 0) is 12.1 Å². The highest BCUT2D eigenvalue weighted by molar-refractivity contribution is 5.73. The monoisotopic (exact) mass is 191 g/mol. The lowest BCUT2D eigenvalue weighted by atomic mass is 10.3. The molecule has 0 spiro atoms. The molecule has 0 aliphatic heterocycles. The topological polar surface area (TPSA) is 40.5 Å². The number of rotatable bonds is 5. The maximum absolute atomic E-state index is 10.6. The van der Waals surface area contributed by atoms with E-state index in [1.807, 2.05) is 30.3 Å². The predicted octanol–water partition coefficient (Wildman–Crippen LogP) is 1.76. The third-order valence-corrected chi connectivity index (χ3v) is 1.80. The van der Waals surface area contributed by atoms with E-state index in [9.17, 15) is 4.79 Å². The van der Waals surface area contributed by atoms with Gasteiger partial charge in [-0.15, -0.1) is 6.58 Å². The summed E-state index contributed by atoms with van der Waals surface area (Å²) in [6.45, 7) is 4.13. The normalized spacial score (nSPS) is 9.43. The Morgan fingerprint density at radius 2 is 2.07 bits per heavy atom. The van der Waals surface area contributed by atoms with Crippen molar-refractivity contribution in [3.05, 3.63) is 43.0 Å². The van der Waals surface area contributed by atoms with Crippen molar-refractivity contribution in [1.29, 1.82) is 0 Å². The molecule has 0 saturated heterocycles. The zero-order valence-corrected chi connectivity index (χ0v) is 7.89. The Morgan fingerprint density at radius 3 is 2.57 bits per heavy atom.